The van der Waals surface area contributed by atoms with Gasteiger partial charge in [0.25, 0.3) is 0 Å². The Balaban J connectivity index is 0.000000411. The second-order valence-electron chi connectivity index (χ2n) is 6.41. The van der Waals surface area contributed by atoms with Gasteiger partial charge >= 0.3 is 26.2 Å². The van der Waals surface area contributed by atoms with Crippen molar-refractivity contribution in [2.24, 2.45) is 0 Å². The second-order valence-corrected chi connectivity index (χ2v) is 6.41. The van der Waals surface area contributed by atoms with Crippen LogP contribution in [0.5, 0.6) is 0 Å². The van der Waals surface area contributed by atoms with Crippen molar-refractivity contribution in [2.75, 3.05) is 0 Å². The molecule has 0 saturated heterocycles. The van der Waals surface area contributed by atoms with E-state index >= 15 is 0 Å². The average molecular weight is 453 g/mol. The molecule has 0 amide bonds. The molecule has 0 fully saturated rings. The van der Waals surface area contributed by atoms with Gasteiger partial charge in [-0.05, 0) is 12.8 Å². The van der Waals surface area contributed by atoms with Gasteiger partial charge in [0.2, 0.25) is 0 Å². The van der Waals surface area contributed by atoms with E-state index in [4.69, 9.17) is 0 Å². The minimum absolute atomic E-state index is 0. The van der Waals surface area contributed by atoms with E-state index in [0.29, 0.717) is 0 Å². The maximum Gasteiger partial charge on any atom is 4.00 e. The van der Waals surface area contributed by atoms with Crippen molar-refractivity contribution >= 4 is 0 Å². The molecule has 0 radical (unpaired) electrons. The fourth-order valence-corrected chi connectivity index (χ4v) is 3.46. The van der Waals surface area contributed by atoms with Gasteiger partial charge in [0.1, 0.15) is 0 Å². The van der Waals surface area contributed by atoms with Crippen molar-refractivity contribution in [1.29, 1.82) is 0 Å². The second kappa shape index (κ2) is 14.0. The Labute approximate surface area is 185 Å². The van der Waals surface area contributed by atoms with Crippen LogP contribution in [0.15, 0.2) is 58.7 Å². The molecule has 0 aliphatic heterocycles. The summed E-state index contributed by atoms with van der Waals surface area (Å²) in [6, 6.07) is 0. The third kappa shape index (κ3) is 7.98. The SMILES string of the molecule is [C-]1=C(C2=CCCCC2)CC=C1.[C-]1=C(C2=CCCCC2)CC=C1.[Cl-].[Cl-].[Zr+4]. The van der Waals surface area contributed by atoms with Crippen LogP contribution in [-0.4, -0.2) is 0 Å². The molecule has 0 heterocycles. The van der Waals surface area contributed by atoms with Crippen molar-refractivity contribution < 1.29 is 51.0 Å². The van der Waals surface area contributed by atoms with E-state index in [0.717, 1.165) is 12.8 Å². The average Bonchev–Trinajstić information content (AvgIpc) is 3.31. The summed E-state index contributed by atoms with van der Waals surface area (Å²) in [4.78, 5) is 0. The van der Waals surface area contributed by atoms with Crippen LogP contribution >= 0.6 is 0 Å². The zero-order valence-electron chi connectivity index (χ0n) is 14.8. The maximum atomic E-state index is 3.29. The molecule has 0 aromatic heterocycles. The zero-order chi connectivity index (χ0) is 15.0. The molecule has 0 nitrogen and oxygen atoms in total. The maximum absolute atomic E-state index is 3.29. The molecule has 0 aromatic carbocycles. The van der Waals surface area contributed by atoms with Crippen molar-refractivity contribution in [3.63, 3.8) is 0 Å². The quantitative estimate of drug-likeness (QED) is 0.531. The first kappa shape index (κ1) is 24.9. The van der Waals surface area contributed by atoms with Crippen LogP contribution in [-0.2, 0) is 26.2 Å². The van der Waals surface area contributed by atoms with Gasteiger partial charge in [0.05, 0.1) is 0 Å². The number of allylic oxidation sites excluding steroid dienone is 12. The number of rotatable bonds is 2. The van der Waals surface area contributed by atoms with Gasteiger partial charge in [-0.2, -0.15) is 47.6 Å². The fraction of sp³-hybridized carbons (Fsp3) is 0.455. The summed E-state index contributed by atoms with van der Waals surface area (Å²) in [5, 5.41) is 0. The topological polar surface area (TPSA) is 0 Å². The summed E-state index contributed by atoms with van der Waals surface area (Å²) in [5.41, 5.74) is 5.98. The summed E-state index contributed by atoms with van der Waals surface area (Å²) in [5.74, 6) is 0. The predicted molar refractivity (Wildman–Crippen MR) is 94.1 cm³/mol. The molecular formula is C22H26Cl2Zr. The van der Waals surface area contributed by atoms with Gasteiger partial charge in [-0.3, -0.25) is 0 Å². The molecule has 0 N–H and O–H groups in total. The van der Waals surface area contributed by atoms with E-state index in [1.807, 2.05) is 12.2 Å². The molecule has 0 unspecified atom stereocenters. The normalized spacial score (nSPS) is 20.5. The van der Waals surface area contributed by atoms with Gasteiger partial charge < -0.3 is 24.8 Å². The smallest absolute Gasteiger partial charge is 1.00 e. The van der Waals surface area contributed by atoms with Crippen molar-refractivity contribution in [2.45, 2.75) is 64.2 Å². The van der Waals surface area contributed by atoms with Crippen molar-refractivity contribution in [3.8, 4) is 0 Å². The van der Waals surface area contributed by atoms with E-state index in [2.05, 4.69) is 36.5 Å². The van der Waals surface area contributed by atoms with Gasteiger partial charge in [-0.25, -0.2) is 0 Å². The van der Waals surface area contributed by atoms with Gasteiger partial charge in [-0.1, -0.05) is 51.4 Å². The van der Waals surface area contributed by atoms with Crippen LogP contribution < -0.4 is 24.8 Å². The van der Waals surface area contributed by atoms with Crippen molar-refractivity contribution in [3.05, 3.63) is 70.9 Å². The molecule has 0 spiro atoms. The fourth-order valence-electron chi connectivity index (χ4n) is 3.46. The molecule has 0 saturated carbocycles. The van der Waals surface area contributed by atoms with E-state index in [-0.39, 0.29) is 51.0 Å². The van der Waals surface area contributed by atoms with Crippen LogP contribution in [0.2, 0.25) is 0 Å². The minimum Gasteiger partial charge on any atom is -1.00 e. The molecule has 4 rings (SSSR count). The Kier molecular flexibility index (Phi) is 14.0. The molecular weight excluding hydrogens is 426 g/mol. The standard InChI is InChI=1S/2C11H13.2ClH.Zr/c2*1-2-6-10(7-3-1)11-8-4-5-9-11;;;/h2*4-6H,1-3,7-8H2;2*1H;/q2*-1;;;+4/p-2. The van der Waals surface area contributed by atoms with E-state index < -0.39 is 0 Å². The third-order valence-corrected chi connectivity index (χ3v) is 4.75. The summed E-state index contributed by atoms with van der Waals surface area (Å²) >= 11 is 0. The Morgan fingerprint density at radius 2 is 1.08 bits per heavy atom. The monoisotopic (exact) mass is 450 g/mol. The van der Waals surface area contributed by atoms with Crippen LogP contribution in [0.1, 0.15) is 64.2 Å². The molecule has 4 aliphatic carbocycles. The van der Waals surface area contributed by atoms with E-state index in [1.165, 1.54) is 62.5 Å². The summed E-state index contributed by atoms with van der Waals surface area (Å²) in [7, 11) is 0. The van der Waals surface area contributed by atoms with Crippen LogP contribution in [0.3, 0.4) is 0 Å². The number of hydrogen-bond acceptors (Lipinski definition) is 0. The summed E-state index contributed by atoms with van der Waals surface area (Å²) < 4.78 is 0. The molecule has 132 valence electrons. The first-order valence-corrected chi connectivity index (χ1v) is 8.87. The Hall–Kier alpha value is -0.0969. The molecule has 0 atom stereocenters. The number of halogens is 2. The first-order valence-electron chi connectivity index (χ1n) is 8.87. The molecule has 0 aromatic rings. The predicted octanol–water partition coefficient (Wildman–Crippen LogP) is 0.358. The minimum atomic E-state index is 0. The van der Waals surface area contributed by atoms with Crippen LogP contribution in [0.25, 0.3) is 0 Å². The Morgan fingerprint density at radius 1 is 0.640 bits per heavy atom. The van der Waals surface area contributed by atoms with E-state index in [1.54, 1.807) is 11.1 Å². The third-order valence-electron chi connectivity index (χ3n) is 4.75. The molecule has 0 bridgehead atoms. The molecule has 4 aliphatic rings. The van der Waals surface area contributed by atoms with E-state index in [9.17, 15) is 0 Å². The van der Waals surface area contributed by atoms with Gasteiger partial charge in [-0.15, -0.1) is 23.3 Å². The Morgan fingerprint density at radius 3 is 1.36 bits per heavy atom. The first-order chi connectivity index (χ1) is 10.9. The van der Waals surface area contributed by atoms with Crippen LogP contribution in [0.4, 0.5) is 0 Å². The largest absolute Gasteiger partial charge is 4.00 e. The molecule has 25 heavy (non-hydrogen) atoms. The summed E-state index contributed by atoms with van der Waals surface area (Å²) in [6.45, 7) is 0. The molecule has 3 heteroatoms. The zero-order valence-corrected chi connectivity index (χ0v) is 18.8. The summed E-state index contributed by atoms with van der Waals surface area (Å²) in [6.07, 6.45) is 32.7. The van der Waals surface area contributed by atoms with Crippen molar-refractivity contribution in [1.82, 2.24) is 0 Å². The Bertz CT molecular complexity index is 525. The van der Waals surface area contributed by atoms with Gasteiger partial charge in [0.15, 0.2) is 0 Å². The number of hydrogen-bond donors (Lipinski definition) is 0. The van der Waals surface area contributed by atoms with Gasteiger partial charge in [0, 0.05) is 0 Å². The van der Waals surface area contributed by atoms with Crippen LogP contribution in [0, 0.1) is 12.2 Å².